The van der Waals surface area contributed by atoms with E-state index in [0.717, 1.165) is 0 Å². The van der Waals surface area contributed by atoms with Crippen LogP contribution in [0.3, 0.4) is 0 Å². The smallest absolute Gasteiger partial charge is 1.00 e. The zero-order valence-electron chi connectivity index (χ0n) is 13.4. The summed E-state index contributed by atoms with van der Waals surface area (Å²) in [5.41, 5.74) is 0. The summed E-state index contributed by atoms with van der Waals surface area (Å²) in [6.45, 7) is 1.20. The SMILES string of the molecule is CC(O)C(=O)O.O.O.O.O.O.O=S(=O)(O)O.[Ca+2].[Ca+2].[H-].[H-].[H-].[H-]. The van der Waals surface area contributed by atoms with Gasteiger partial charge in [0.15, 0.2) is 0 Å². The molecule has 0 aromatic carbocycles. The van der Waals surface area contributed by atoms with Gasteiger partial charge >= 0.3 is 91.8 Å². The van der Waals surface area contributed by atoms with E-state index in [0.29, 0.717) is 0 Å². The van der Waals surface area contributed by atoms with Gasteiger partial charge in [-0.2, -0.15) is 8.42 Å². The quantitative estimate of drug-likeness (QED) is 0.258. The standard InChI is InChI=1S/C3H6O3.2Ca.H2O4S.5H2O.4H/c1-2(4)3(5)6;;;1-5(2,3)4;;;;;;;;;/h2,4H,1H3,(H,5,6);;;(H2,1,2,3,4);5*1H2;;;;/q;2*+2;;;;;;;4*-1. The van der Waals surface area contributed by atoms with Crippen molar-refractivity contribution in [3.8, 4) is 0 Å². The van der Waals surface area contributed by atoms with Crippen LogP contribution in [-0.2, 0) is 15.2 Å². The van der Waals surface area contributed by atoms with E-state index in [1.54, 1.807) is 0 Å². The van der Waals surface area contributed by atoms with Crippen LogP contribution < -0.4 is 0 Å². The van der Waals surface area contributed by atoms with E-state index in [-0.39, 0.29) is 109 Å². The van der Waals surface area contributed by atoms with Crippen LogP contribution in [0.2, 0.25) is 0 Å². The van der Waals surface area contributed by atoms with Gasteiger partial charge in [0.25, 0.3) is 0 Å². The van der Waals surface area contributed by atoms with E-state index >= 15 is 0 Å². The maximum Gasteiger partial charge on any atom is 2.00 e. The zero-order chi connectivity index (χ0) is 9.65. The number of rotatable bonds is 1. The fourth-order valence-corrected chi connectivity index (χ4v) is 0. The largest absolute Gasteiger partial charge is 2.00 e. The van der Waals surface area contributed by atoms with E-state index in [1.807, 2.05) is 0 Å². The van der Waals surface area contributed by atoms with Crippen molar-refractivity contribution < 1.29 is 65.6 Å². The first-order valence-electron chi connectivity index (χ1n) is 2.25. The molecule has 0 heterocycles. The molecular weight excluding hydrogens is 340 g/mol. The predicted octanol–water partition coefficient (Wildman–Crippen LogP) is -5.64. The molecule has 15 heteroatoms. The van der Waals surface area contributed by atoms with Gasteiger partial charge < -0.3 is 43.3 Å². The molecule has 0 fully saturated rings. The number of hydrogen-bond donors (Lipinski definition) is 4. The summed E-state index contributed by atoms with van der Waals surface area (Å²) in [7, 11) is -4.67. The molecule has 12 nitrogen and oxygen atoms in total. The summed E-state index contributed by atoms with van der Waals surface area (Å²) in [6, 6.07) is 0. The van der Waals surface area contributed by atoms with E-state index in [4.69, 9.17) is 27.7 Å². The molecule has 0 saturated heterocycles. The van der Waals surface area contributed by atoms with Crippen molar-refractivity contribution in [2.24, 2.45) is 0 Å². The van der Waals surface area contributed by atoms with Gasteiger partial charge in [0, 0.05) is 0 Å². The Kier molecular flexibility index (Phi) is 104. The topological polar surface area (TPSA) is 290 Å². The van der Waals surface area contributed by atoms with Gasteiger partial charge in [-0.25, -0.2) is 4.79 Å². The van der Waals surface area contributed by atoms with Gasteiger partial charge in [0.1, 0.15) is 6.10 Å². The first-order chi connectivity index (χ1) is 4.64. The monoisotopic (exact) mass is 362 g/mol. The molecule has 0 bridgehead atoms. The summed E-state index contributed by atoms with van der Waals surface area (Å²) >= 11 is 0. The summed E-state index contributed by atoms with van der Waals surface area (Å²) in [4.78, 5) is 9.45. The van der Waals surface area contributed by atoms with Crippen LogP contribution >= 0.6 is 0 Å². The second-order valence-corrected chi connectivity index (χ2v) is 2.36. The Labute approximate surface area is 168 Å². The second kappa shape index (κ2) is 31.2. The molecule has 0 spiro atoms. The van der Waals surface area contributed by atoms with Crippen molar-refractivity contribution in [1.82, 2.24) is 0 Å². The fraction of sp³-hybridized carbons (Fsp3) is 0.667. The van der Waals surface area contributed by atoms with Crippen LogP contribution in [0.1, 0.15) is 12.6 Å². The summed E-state index contributed by atoms with van der Waals surface area (Å²) in [5.74, 6) is -1.19. The van der Waals surface area contributed by atoms with E-state index in [2.05, 4.69) is 0 Å². The Morgan fingerprint density at radius 3 is 1.06 bits per heavy atom. The Hall–Kier alpha value is 1.62. The molecule has 116 valence electrons. The Morgan fingerprint density at radius 2 is 1.06 bits per heavy atom. The van der Waals surface area contributed by atoms with Gasteiger partial charge in [0.05, 0.1) is 0 Å². The zero-order valence-corrected chi connectivity index (χ0v) is 14.6. The first-order valence-corrected chi connectivity index (χ1v) is 3.65. The number of carbonyl (C=O) groups is 1. The van der Waals surface area contributed by atoms with Crippen LogP contribution in [0.15, 0.2) is 0 Å². The molecule has 0 aliphatic carbocycles. The molecule has 0 aromatic heterocycles. The van der Waals surface area contributed by atoms with E-state index < -0.39 is 22.5 Å². The summed E-state index contributed by atoms with van der Waals surface area (Å²) in [6.07, 6.45) is -1.23. The number of aliphatic carboxylic acids is 1. The number of aliphatic hydroxyl groups is 1. The van der Waals surface area contributed by atoms with Crippen molar-refractivity contribution in [3.63, 3.8) is 0 Å². The summed E-state index contributed by atoms with van der Waals surface area (Å²) in [5, 5.41) is 15.8. The third-order valence-electron chi connectivity index (χ3n) is 0.357. The molecule has 1 atom stereocenters. The van der Waals surface area contributed by atoms with Crippen molar-refractivity contribution >= 4 is 91.8 Å². The normalized spacial score (nSPS) is 7.78. The maximum absolute atomic E-state index is 9.45. The van der Waals surface area contributed by atoms with E-state index in [9.17, 15) is 4.79 Å². The Morgan fingerprint density at radius 1 is 1.00 bits per heavy atom. The predicted molar refractivity (Wildman–Crippen MR) is 67.5 cm³/mol. The number of carboxylic acids is 1. The maximum atomic E-state index is 9.45. The molecule has 0 saturated carbocycles. The van der Waals surface area contributed by atoms with Gasteiger partial charge in [-0.05, 0) is 6.92 Å². The minimum atomic E-state index is -4.67. The van der Waals surface area contributed by atoms with Gasteiger partial charge in [-0.3, -0.25) is 9.11 Å². The third kappa shape index (κ3) is 154. The van der Waals surface area contributed by atoms with Gasteiger partial charge in [-0.1, -0.05) is 0 Å². The molecule has 14 N–H and O–H groups in total. The van der Waals surface area contributed by atoms with Crippen molar-refractivity contribution in [2.75, 3.05) is 0 Å². The Balaban J connectivity index is -0.00000000448. The van der Waals surface area contributed by atoms with Crippen molar-refractivity contribution in [2.45, 2.75) is 13.0 Å². The summed E-state index contributed by atoms with van der Waals surface area (Å²) < 4.78 is 31.6. The molecular formula is C3H22Ca2O12S. The fourth-order valence-electron chi connectivity index (χ4n) is 0. The minimum Gasteiger partial charge on any atom is -1.00 e. The molecule has 0 aliphatic rings. The average molecular weight is 362 g/mol. The molecule has 0 amide bonds. The van der Waals surface area contributed by atoms with Gasteiger partial charge in [-0.15, -0.1) is 0 Å². The molecule has 0 radical (unpaired) electrons. The van der Waals surface area contributed by atoms with Crippen LogP contribution in [0, 0.1) is 0 Å². The minimum absolute atomic E-state index is 0. The molecule has 0 rings (SSSR count). The van der Waals surface area contributed by atoms with Crippen LogP contribution in [0.5, 0.6) is 0 Å². The average Bonchev–Trinajstić information content (AvgIpc) is 1.59. The molecule has 0 aromatic rings. The number of carboxylic acid groups (broad SMARTS) is 1. The second-order valence-electron chi connectivity index (χ2n) is 1.46. The third-order valence-corrected chi connectivity index (χ3v) is 0.357. The van der Waals surface area contributed by atoms with Crippen molar-refractivity contribution in [3.05, 3.63) is 0 Å². The number of aliphatic hydroxyl groups excluding tert-OH is 1. The van der Waals surface area contributed by atoms with Gasteiger partial charge in [0.2, 0.25) is 0 Å². The van der Waals surface area contributed by atoms with Crippen LogP contribution in [0.25, 0.3) is 0 Å². The first kappa shape index (κ1) is 60.3. The molecule has 0 aliphatic heterocycles. The Bertz CT molecular complexity index is 220. The molecule has 18 heavy (non-hydrogen) atoms. The van der Waals surface area contributed by atoms with E-state index in [1.165, 1.54) is 6.92 Å². The molecule has 1 unspecified atom stereocenters. The van der Waals surface area contributed by atoms with Crippen LogP contribution in [-0.4, -0.2) is 143 Å². The van der Waals surface area contributed by atoms with Crippen LogP contribution in [0.4, 0.5) is 0 Å². The van der Waals surface area contributed by atoms with Crippen molar-refractivity contribution in [1.29, 1.82) is 0 Å². The number of hydrogen-bond acceptors (Lipinski definition) is 4.